The van der Waals surface area contributed by atoms with Gasteiger partial charge in [0.1, 0.15) is 12.3 Å². The zero-order chi connectivity index (χ0) is 13.8. The predicted octanol–water partition coefficient (Wildman–Crippen LogP) is 1.46. The van der Waals surface area contributed by atoms with Gasteiger partial charge in [0, 0.05) is 7.05 Å². The number of ether oxygens (including phenoxy) is 2. The van der Waals surface area contributed by atoms with Crippen LogP contribution >= 0.6 is 0 Å². The van der Waals surface area contributed by atoms with Crippen LogP contribution in [-0.2, 0) is 13.7 Å². The zero-order valence-electron chi connectivity index (χ0n) is 11.2. The fraction of sp³-hybridized carbons (Fsp3) is 0.385. The topological polar surface area (TPSA) is 69.4 Å². The molecule has 0 saturated carbocycles. The van der Waals surface area contributed by atoms with E-state index in [4.69, 9.17) is 9.47 Å². The van der Waals surface area contributed by atoms with Crippen molar-refractivity contribution in [3.63, 3.8) is 0 Å². The number of nitrogens with zero attached hydrogens (tertiary/aromatic N) is 3. The van der Waals surface area contributed by atoms with Crippen LogP contribution in [0.15, 0.2) is 24.4 Å². The van der Waals surface area contributed by atoms with Crippen molar-refractivity contribution >= 4 is 0 Å². The van der Waals surface area contributed by atoms with Gasteiger partial charge >= 0.3 is 0 Å². The summed E-state index contributed by atoms with van der Waals surface area (Å²) in [5, 5.41) is 17.3. The van der Waals surface area contributed by atoms with Gasteiger partial charge in [-0.3, -0.25) is 4.68 Å². The van der Waals surface area contributed by atoms with Crippen molar-refractivity contribution in [2.24, 2.45) is 7.05 Å². The number of rotatable bonds is 5. The minimum absolute atomic E-state index is 0.318. The van der Waals surface area contributed by atoms with Crippen LogP contribution < -0.4 is 9.47 Å². The van der Waals surface area contributed by atoms with Crippen molar-refractivity contribution in [3.05, 3.63) is 35.7 Å². The molecule has 1 aromatic carbocycles. The highest BCUT2D eigenvalue weighted by Gasteiger charge is 2.09. The second kappa shape index (κ2) is 5.71. The first-order valence-electron chi connectivity index (χ1n) is 5.94. The summed E-state index contributed by atoms with van der Waals surface area (Å²) >= 11 is 0. The lowest BCUT2D eigenvalue weighted by molar-refractivity contribution is 0.198. The molecule has 6 nitrogen and oxygen atoms in total. The SMILES string of the molecule is COc1cc([C@H](C)O)ccc1OCc1cn(C)nn1. The molecule has 2 rings (SSSR count). The number of aliphatic hydroxyl groups excluding tert-OH is 1. The average molecular weight is 263 g/mol. The molecule has 0 aliphatic carbocycles. The van der Waals surface area contributed by atoms with Crippen molar-refractivity contribution in [2.75, 3.05) is 7.11 Å². The Bertz CT molecular complexity index is 552. The highest BCUT2D eigenvalue weighted by molar-refractivity contribution is 5.43. The lowest BCUT2D eigenvalue weighted by atomic mass is 10.1. The molecular weight excluding hydrogens is 246 g/mol. The van der Waals surface area contributed by atoms with Gasteiger partial charge in [0.15, 0.2) is 11.5 Å². The molecule has 1 heterocycles. The molecule has 1 N–H and O–H groups in total. The zero-order valence-corrected chi connectivity index (χ0v) is 11.2. The first-order valence-corrected chi connectivity index (χ1v) is 5.94. The van der Waals surface area contributed by atoms with E-state index in [1.807, 2.05) is 0 Å². The summed E-state index contributed by atoms with van der Waals surface area (Å²) in [6, 6.07) is 5.34. The second-order valence-electron chi connectivity index (χ2n) is 4.26. The molecule has 0 spiro atoms. The van der Waals surface area contributed by atoms with Crippen LogP contribution in [0.5, 0.6) is 11.5 Å². The van der Waals surface area contributed by atoms with Crippen LogP contribution in [0.3, 0.4) is 0 Å². The first kappa shape index (κ1) is 13.4. The molecule has 102 valence electrons. The van der Waals surface area contributed by atoms with E-state index in [-0.39, 0.29) is 0 Å². The summed E-state index contributed by atoms with van der Waals surface area (Å²) in [5.41, 5.74) is 1.52. The van der Waals surface area contributed by atoms with Gasteiger partial charge in [0.25, 0.3) is 0 Å². The average Bonchev–Trinajstić information content (AvgIpc) is 2.81. The van der Waals surface area contributed by atoms with Crippen molar-refractivity contribution < 1.29 is 14.6 Å². The molecule has 19 heavy (non-hydrogen) atoms. The largest absolute Gasteiger partial charge is 0.493 e. The lowest BCUT2D eigenvalue weighted by Crippen LogP contribution is -2.00. The van der Waals surface area contributed by atoms with Crippen LogP contribution in [-0.4, -0.2) is 27.2 Å². The Labute approximate surface area is 111 Å². The Morgan fingerprint density at radius 1 is 1.37 bits per heavy atom. The number of methoxy groups -OCH3 is 1. The van der Waals surface area contributed by atoms with Crippen molar-refractivity contribution in [1.82, 2.24) is 15.0 Å². The highest BCUT2D eigenvalue weighted by Crippen LogP contribution is 2.30. The predicted molar refractivity (Wildman–Crippen MR) is 69.0 cm³/mol. The third-order valence-electron chi connectivity index (χ3n) is 2.70. The van der Waals surface area contributed by atoms with E-state index < -0.39 is 6.10 Å². The maximum absolute atomic E-state index is 9.53. The first-order chi connectivity index (χ1) is 9.10. The van der Waals surface area contributed by atoms with Crippen molar-refractivity contribution in [3.8, 4) is 11.5 Å². The Balaban J connectivity index is 2.11. The van der Waals surface area contributed by atoms with E-state index in [0.717, 1.165) is 11.3 Å². The minimum atomic E-state index is -0.539. The summed E-state index contributed by atoms with van der Waals surface area (Å²) in [7, 11) is 3.37. The molecule has 1 aromatic heterocycles. The van der Waals surface area contributed by atoms with Crippen LogP contribution in [0.2, 0.25) is 0 Å². The van der Waals surface area contributed by atoms with Gasteiger partial charge < -0.3 is 14.6 Å². The summed E-state index contributed by atoms with van der Waals surface area (Å²) < 4.78 is 12.5. The molecule has 0 bridgehead atoms. The Morgan fingerprint density at radius 3 is 2.74 bits per heavy atom. The van der Waals surface area contributed by atoms with E-state index in [2.05, 4.69) is 10.3 Å². The fourth-order valence-corrected chi connectivity index (χ4v) is 1.68. The number of aliphatic hydroxyl groups is 1. The van der Waals surface area contributed by atoms with Crippen LogP contribution in [0.1, 0.15) is 24.3 Å². The monoisotopic (exact) mass is 263 g/mol. The Morgan fingerprint density at radius 2 is 2.16 bits per heavy atom. The second-order valence-corrected chi connectivity index (χ2v) is 4.26. The van der Waals surface area contributed by atoms with Gasteiger partial charge in [-0.2, -0.15) is 0 Å². The van der Waals surface area contributed by atoms with Gasteiger partial charge in [-0.15, -0.1) is 5.10 Å². The smallest absolute Gasteiger partial charge is 0.161 e. The molecule has 2 aromatic rings. The van der Waals surface area contributed by atoms with E-state index in [9.17, 15) is 5.11 Å². The Kier molecular flexibility index (Phi) is 4.01. The fourth-order valence-electron chi connectivity index (χ4n) is 1.68. The van der Waals surface area contributed by atoms with Gasteiger partial charge in [0.05, 0.1) is 19.4 Å². The van der Waals surface area contributed by atoms with E-state index in [1.165, 1.54) is 0 Å². The maximum atomic E-state index is 9.53. The lowest BCUT2D eigenvalue weighted by Gasteiger charge is -2.12. The van der Waals surface area contributed by atoms with Gasteiger partial charge in [-0.05, 0) is 24.6 Å². The van der Waals surface area contributed by atoms with Crippen molar-refractivity contribution in [1.29, 1.82) is 0 Å². The van der Waals surface area contributed by atoms with Gasteiger partial charge in [-0.25, -0.2) is 0 Å². The summed E-state index contributed by atoms with van der Waals surface area (Å²) in [6.45, 7) is 2.02. The number of aryl methyl sites for hydroxylation is 1. The number of benzene rings is 1. The molecule has 0 saturated heterocycles. The minimum Gasteiger partial charge on any atom is -0.493 e. The number of aromatic nitrogens is 3. The summed E-state index contributed by atoms with van der Waals surface area (Å²) in [6.07, 6.45) is 1.25. The molecule has 0 fully saturated rings. The van der Waals surface area contributed by atoms with E-state index in [0.29, 0.717) is 18.1 Å². The quantitative estimate of drug-likeness (QED) is 0.884. The summed E-state index contributed by atoms with van der Waals surface area (Å²) in [5.74, 6) is 1.19. The third-order valence-corrected chi connectivity index (χ3v) is 2.70. The van der Waals surface area contributed by atoms with Crippen molar-refractivity contribution in [2.45, 2.75) is 19.6 Å². The Hall–Kier alpha value is -2.08. The molecule has 0 aliphatic rings. The van der Waals surface area contributed by atoms with E-state index in [1.54, 1.807) is 50.2 Å². The molecule has 0 aliphatic heterocycles. The standard InChI is InChI=1S/C13H17N3O3/c1-9(17)10-4-5-12(13(6-10)18-3)19-8-11-7-16(2)15-14-11/h4-7,9,17H,8H2,1-3H3/t9-/m0/s1. The molecular formula is C13H17N3O3. The normalized spacial score (nSPS) is 12.2. The molecule has 0 unspecified atom stereocenters. The third kappa shape index (κ3) is 3.23. The van der Waals surface area contributed by atoms with Gasteiger partial charge in [0.2, 0.25) is 0 Å². The highest BCUT2D eigenvalue weighted by atomic mass is 16.5. The molecule has 0 amide bonds. The molecule has 1 atom stereocenters. The molecule has 6 heteroatoms. The van der Waals surface area contributed by atoms with Crippen LogP contribution in [0.4, 0.5) is 0 Å². The maximum Gasteiger partial charge on any atom is 0.161 e. The van der Waals surface area contributed by atoms with Gasteiger partial charge in [-0.1, -0.05) is 11.3 Å². The molecule has 0 radical (unpaired) electrons. The summed E-state index contributed by atoms with van der Waals surface area (Å²) in [4.78, 5) is 0. The number of hydrogen-bond acceptors (Lipinski definition) is 5. The van der Waals surface area contributed by atoms with Crippen LogP contribution in [0.25, 0.3) is 0 Å². The van der Waals surface area contributed by atoms with E-state index >= 15 is 0 Å². The van der Waals surface area contributed by atoms with Crippen LogP contribution in [0, 0.1) is 0 Å². The number of hydrogen-bond donors (Lipinski definition) is 1.